The van der Waals surface area contributed by atoms with Gasteiger partial charge in [-0.2, -0.15) is 0 Å². The van der Waals surface area contributed by atoms with Crippen molar-refractivity contribution in [1.82, 2.24) is 10.2 Å². The summed E-state index contributed by atoms with van der Waals surface area (Å²) in [7, 11) is 0. The van der Waals surface area contributed by atoms with Gasteiger partial charge >= 0.3 is 0 Å². The van der Waals surface area contributed by atoms with Crippen LogP contribution in [-0.2, 0) is 4.79 Å². The number of hydrogen-bond donors (Lipinski definition) is 1. The molecule has 0 aromatic heterocycles. The van der Waals surface area contributed by atoms with Crippen LogP contribution in [0.25, 0.3) is 0 Å². The monoisotopic (exact) mass is 238 g/mol. The molecule has 1 atom stereocenters. The van der Waals surface area contributed by atoms with Gasteiger partial charge in [-0.15, -0.1) is 0 Å². The molecule has 17 heavy (non-hydrogen) atoms. The van der Waals surface area contributed by atoms with Gasteiger partial charge in [0.2, 0.25) is 5.91 Å². The Morgan fingerprint density at radius 2 is 1.71 bits per heavy atom. The first-order chi connectivity index (χ1) is 8.20. The van der Waals surface area contributed by atoms with E-state index in [0.29, 0.717) is 17.9 Å². The highest BCUT2D eigenvalue weighted by atomic mass is 16.2. The lowest BCUT2D eigenvalue weighted by Gasteiger charge is -2.29. The van der Waals surface area contributed by atoms with E-state index in [2.05, 4.69) is 24.1 Å². The van der Waals surface area contributed by atoms with Gasteiger partial charge in [0.25, 0.3) is 0 Å². The van der Waals surface area contributed by atoms with E-state index >= 15 is 0 Å². The summed E-state index contributed by atoms with van der Waals surface area (Å²) in [5.74, 6) is 0.742. The van der Waals surface area contributed by atoms with E-state index in [0.717, 1.165) is 6.67 Å². The molecule has 0 aromatic rings. The van der Waals surface area contributed by atoms with Crippen LogP contribution in [0.15, 0.2) is 0 Å². The van der Waals surface area contributed by atoms with Crippen molar-refractivity contribution in [2.75, 3.05) is 6.67 Å². The van der Waals surface area contributed by atoms with Crippen LogP contribution in [0.2, 0.25) is 0 Å². The molecule has 98 valence electrons. The number of carbonyl (C=O) groups excluding carboxylic acids is 1. The molecule has 1 saturated carbocycles. The maximum Gasteiger partial charge on any atom is 0.241 e. The van der Waals surface area contributed by atoms with E-state index in [4.69, 9.17) is 0 Å². The number of carbonyl (C=O) groups is 1. The third-order valence-electron chi connectivity index (χ3n) is 4.21. The Kier molecular flexibility index (Phi) is 4.43. The van der Waals surface area contributed by atoms with Gasteiger partial charge in [-0.1, -0.05) is 46.0 Å². The molecule has 0 bridgehead atoms. The Balaban J connectivity index is 1.94. The molecule has 2 fully saturated rings. The van der Waals surface area contributed by atoms with E-state index in [9.17, 15) is 4.79 Å². The van der Waals surface area contributed by atoms with Crippen molar-refractivity contribution in [2.45, 2.75) is 70.9 Å². The highest BCUT2D eigenvalue weighted by Gasteiger charge is 2.36. The molecule has 1 amide bonds. The predicted molar refractivity (Wildman–Crippen MR) is 69.6 cm³/mol. The van der Waals surface area contributed by atoms with Gasteiger partial charge in [-0.05, 0) is 18.8 Å². The molecule has 0 radical (unpaired) electrons. The van der Waals surface area contributed by atoms with Gasteiger partial charge in [0.1, 0.15) is 0 Å². The number of nitrogens with zero attached hydrogens (tertiary/aromatic N) is 1. The predicted octanol–water partition coefficient (Wildman–Crippen LogP) is 2.51. The summed E-state index contributed by atoms with van der Waals surface area (Å²) in [5.41, 5.74) is 0. The zero-order chi connectivity index (χ0) is 12.3. The first kappa shape index (κ1) is 12.9. The van der Waals surface area contributed by atoms with Crippen molar-refractivity contribution in [3.63, 3.8) is 0 Å². The Hall–Kier alpha value is -0.570. The molecule has 1 heterocycles. The smallest absolute Gasteiger partial charge is 0.241 e. The van der Waals surface area contributed by atoms with Crippen molar-refractivity contribution in [3.05, 3.63) is 0 Å². The van der Waals surface area contributed by atoms with E-state index in [1.54, 1.807) is 0 Å². The maximum absolute atomic E-state index is 12.3. The number of nitrogens with one attached hydrogen (secondary N) is 1. The molecule has 3 heteroatoms. The van der Waals surface area contributed by atoms with Gasteiger partial charge in [-0.25, -0.2) is 0 Å². The lowest BCUT2D eigenvalue weighted by atomic mass is 9.95. The van der Waals surface area contributed by atoms with Gasteiger partial charge in [0.05, 0.1) is 12.7 Å². The maximum atomic E-state index is 12.3. The summed E-state index contributed by atoms with van der Waals surface area (Å²) in [6, 6.07) is 0.555. The number of amides is 1. The van der Waals surface area contributed by atoms with E-state index in [-0.39, 0.29) is 6.04 Å². The van der Waals surface area contributed by atoms with E-state index in [1.807, 2.05) is 0 Å². The van der Waals surface area contributed by atoms with Gasteiger partial charge in [-0.3, -0.25) is 10.1 Å². The largest absolute Gasteiger partial charge is 0.326 e. The lowest BCUT2D eigenvalue weighted by Crippen LogP contribution is -2.40. The minimum absolute atomic E-state index is 0.0560. The Morgan fingerprint density at radius 3 is 2.24 bits per heavy atom. The summed E-state index contributed by atoms with van der Waals surface area (Å²) < 4.78 is 0. The summed E-state index contributed by atoms with van der Waals surface area (Å²) in [5, 5.41) is 3.37. The number of rotatable bonds is 2. The average Bonchev–Trinajstić information content (AvgIpc) is 2.60. The summed E-state index contributed by atoms with van der Waals surface area (Å²) >= 11 is 0. The number of hydrogen-bond acceptors (Lipinski definition) is 2. The Bertz CT molecular complexity index is 257. The fraction of sp³-hybridized carbons (Fsp3) is 0.929. The standard InChI is InChI=1S/C14H26N2O/c1-11(2)13-14(17)16(10-15-13)12-8-6-4-3-5-7-9-12/h11-13,15H,3-10H2,1-2H3. The third kappa shape index (κ3) is 3.01. The minimum Gasteiger partial charge on any atom is -0.326 e. The normalized spacial score (nSPS) is 28.5. The van der Waals surface area contributed by atoms with Crippen LogP contribution in [0.4, 0.5) is 0 Å². The fourth-order valence-electron chi connectivity index (χ4n) is 3.12. The molecular weight excluding hydrogens is 212 g/mol. The summed E-state index contributed by atoms with van der Waals surface area (Å²) in [6.45, 7) is 5.01. The van der Waals surface area contributed by atoms with Crippen LogP contribution >= 0.6 is 0 Å². The lowest BCUT2D eigenvalue weighted by molar-refractivity contribution is -0.131. The molecule has 2 rings (SSSR count). The topological polar surface area (TPSA) is 32.3 Å². The molecule has 1 saturated heterocycles. The van der Waals surface area contributed by atoms with Crippen LogP contribution in [0, 0.1) is 5.92 Å². The van der Waals surface area contributed by atoms with Crippen LogP contribution in [0.1, 0.15) is 58.8 Å². The molecule has 1 unspecified atom stereocenters. The van der Waals surface area contributed by atoms with Gasteiger partial charge in [0.15, 0.2) is 0 Å². The summed E-state index contributed by atoms with van der Waals surface area (Å²) in [6.07, 6.45) is 9.07. The zero-order valence-electron chi connectivity index (χ0n) is 11.2. The molecular formula is C14H26N2O. The molecule has 0 spiro atoms. The average molecular weight is 238 g/mol. The molecule has 0 aromatic carbocycles. The van der Waals surface area contributed by atoms with Gasteiger partial charge in [0, 0.05) is 6.04 Å². The second-order valence-corrected chi connectivity index (χ2v) is 5.89. The first-order valence-electron chi connectivity index (χ1n) is 7.24. The molecule has 1 aliphatic carbocycles. The van der Waals surface area contributed by atoms with E-state index < -0.39 is 0 Å². The first-order valence-corrected chi connectivity index (χ1v) is 7.24. The zero-order valence-corrected chi connectivity index (χ0v) is 11.2. The minimum atomic E-state index is 0.0560. The van der Waals surface area contributed by atoms with Crippen LogP contribution in [0.3, 0.4) is 0 Å². The molecule has 3 nitrogen and oxygen atoms in total. The quantitative estimate of drug-likeness (QED) is 0.801. The molecule has 1 N–H and O–H groups in total. The third-order valence-corrected chi connectivity index (χ3v) is 4.21. The van der Waals surface area contributed by atoms with Crippen LogP contribution < -0.4 is 5.32 Å². The van der Waals surface area contributed by atoms with Crippen molar-refractivity contribution in [3.8, 4) is 0 Å². The SMILES string of the molecule is CC(C)C1NCN(C2CCCCCCC2)C1=O. The van der Waals surface area contributed by atoms with Crippen molar-refractivity contribution >= 4 is 5.91 Å². The molecule has 2 aliphatic rings. The van der Waals surface area contributed by atoms with Crippen molar-refractivity contribution < 1.29 is 4.79 Å². The van der Waals surface area contributed by atoms with Crippen molar-refractivity contribution in [2.24, 2.45) is 5.92 Å². The summed E-state index contributed by atoms with van der Waals surface area (Å²) in [4.78, 5) is 14.4. The Labute approximate surface area is 105 Å². The second kappa shape index (κ2) is 5.85. The van der Waals surface area contributed by atoms with E-state index in [1.165, 1.54) is 44.9 Å². The Morgan fingerprint density at radius 1 is 1.12 bits per heavy atom. The highest BCUT2D eigenvalue weighted by molar-refractivity contribution is 5.84. The van der Waals surface area contributed by atoms with Gasteiger partial charge < -0.3 is 4.90 Å². The van der Waals surface area contributed by atoms with Crippen LogP contribution in [0.5, 0.6) is 0 Å². The van der Waals surface area contributed by atoms with Crippen LogP contribution in [-0.4, -0.2) is 29.6 Å². The highest BCUT2D eigenvalue weighted by Crippen LogP contribution is 2.24. The molecule has 1 aliphatic heterocycles. The second-order valence-electron chi connectivity index (χ2n) is 5.89. The fourth-order valence-corrected chi connectivity index (χ4v) is 3.12. The van der Waals surface area contributed by atoms with Crippen molar-refractivity contribution in [1.29, 1.82) is 0 Å².